The van der Waals surface area contributed by atoms with Crippen molar-refractivity contribution < 1.29 is 10.0 Å². The lowest BCUT2D eigenvalue weighted by Gasteiger charge is -2.39. The lowest BCUT2D eigenvalue weighted by Crippen LogP contribution is -2.42. The number of nitrogens with two attached hydrogens (primary N) is 1. The highest BCUT2D eigenvalue weighted by Gasteiger charge is 2.26. The number of nitrogen functional groups attached to an aromatic ring is 1. The molecule has 1 aromatic carbocycles. The van der Waals surface area contributed by atoms with Gasteiger partial charge in [0.1, 0.15) is 0 Å². The van der Waals surface area contributed by atoms with Crippen LogP contribution in [0.3, 0.4) is 0 Å². The highest BCUT2D eigenvalue weighted by atomic mass is 16.6. The molecule has 0 heterocycles. The first-order chi connectivity index (χ1) is 8.63. The largest absolute Gasteiger partial charge is 0.397 e. The number of nitrogens with zero attached hydrogens (tertiary/aromatic N) is 2. The second kappa shape index (κ2) is 5.22. The number of aliphatic hydroxyl groups is 1. The Kier molecular flexibility index (Phi) is 3.66. The highest BCUT2D eigenvalue weighted by molar-refractivity contribution is 5.71. The van der Waals surface area contributed by atoms with Gasteiger partial charge in [-0.2, -0.15) is 0 Å². The number of nitro groups is 1. The first-order valence-electron chi connectivity index (χ1n) is 6.05. The number of aliphatic hydroxyl groups excluding tert-OH is 1. The second-order valence-electron chi connectivity index (χ2n) is 4.50. The number of hydrogen-bond donors (Lipinski definition) is 2. The Bertz CT molecular complexity index is 446. The summed E-state index contributed by atoms with van der Waals surface area (Å²) in [4.78, 5) is 12.2. The molecule has 0 spiro atoms. The van der Waals surface area contributed by atoms with Gasteiger partial charge >= 0.3 is 0 Å². The van der Waals surface area contributed by atoms with Crippen LogP contribution >= 0.6 is 0 Å². The van der Waals surface area contributed by atoms with Crippen molar-refractivity contribution in [3.05, 3.63) is 28.3 Å². The molecule has 3 N–H and O–H groups in total. The van der Waals surface area contributed by atoms with E-state index < -0.39 is 4.92 Å². The maximum Gasteiger partial charge on any atom is 0.271 e. The number of nitro benzene ring substituents is 1. The van der Waals surface area contributed by atoms with Gasteiger partial charge in [0.2, 0.25) is 0 Å². The van der Waals surface area contributed by atoms with E-state index in [1.54, 1.807) is 6.07 Å². The van der Waals surface area contributed by atoms with Crippen molar-refractivity contribution in [1.29, 1.82) is 0 Å². The van der Waals surface area contributed by atoms with Crippen LogP contribution in [0, 0.1) is 10.1 Å². The standard InChI is InChI=1S/C12H17N3O3/c13-11-8-10(15(17)18)4-5-12(11)14(6-7-16)9-2-1-3-9/h4-5,8-9,16H,1-3,6-7,13H2. The summed E-state index contributed by atoms with van der Waals surface area (Å²) in [5, 5.41) is 19.8. The highest BCUT2D eigenvalue weighted by Crippen LogP contribution is 2.34. The van der Waals surface area contributed by atoms with E-state index in [0.29, 0.717) is 18.3 Å². The third kappa shape index (κ3) is 2.38. The minimum Gasteiger partial charge on any atom is -0.397 e. The molecule has 98 valence electrons. The van der Waals surface area contributed by atoms with Crippen molar-refractivity contribution in [2.24, 2.45) is 0 Å². The molecule has 1 aliphatic rings. The molecule has 0 aromatic heterocycles. The molecule has 6 nitrogen and oxygen atoms in total. The molecule has 0 bridgehead atoms. The maximum absolute atomic E-state index is 10.7. The Morgan fingerprint density at radius 2 is 2.22 bits per heavy atom. The van der Waals surface area contributed by atoms with Crippen molar-refractivity contribution >= 4 is 17.1 Å². The van der Waals surface area contributed by atoms with Crippen molar-refractivity contribution in [1.82, 2.24) is 0 Å². The van der Waals surface area contributed by atoms with E-state index in [0.717, 1.165) is 18.5 Å². The van der Waals surface area contributed by atoms with Crippen LogP contribution in [0.4, 0.5) is 17.1 Å². The fraction of sp³-hybridized carbons (Fsp3) is 0.500. The number of rotatable bonds is 5. The predicted molar refractivity (Wildman–Crippen MR) is 69.6 cm³/mol. The Balaban J connectivity index is 2.26. The zero-order valence-electron chi connectivity index (χ0n) is 10.1. The van der Waals surface area contributed by atoms with Crippen molar-refractivity contribution in [2.45, 2.75) is 25.3 Å². The van der Waals surface area contributed by atoms with Crippen molar-refractivity contribution in [3.63, 3.8) is 0 Å². The van der Waals surface area contributed by atoms with E-state index in [2.05, 4.69) is 0 Å². The number of non-ortho nitro benzene ring substituents is 1. The molecule has 18 heavy (non-hydrogen) atoms. The number of hydrogen-bond acceptors (Lipinski definition) is 5. The smallest absolute Gasteiger partial charge is 0.271 e. The van der Waals surface area contributed by atoms with Gasteiger partial charge in [-0.3, -0.25) is 10.1 Å². The minimum absolute atomic E-state index is 0.00573. The molecule has 2 rings (SSSR count). The molecule has 0 radical (unpaired) electrons. The first kappa shape index (κ1) is 12.6. The van der Waals surface area contributed by atoms with Gasteiger partial charge in [0.15, 0.2) is 0 Å². The van der Waals surface area contributed by atoms with Gasteiger partial charge < -0.3 is 15.7 Å². The van der Waals surface area contributed by atoms with E-state index in [-0.39, 0.29) is 12.3 Å². The summed E-state index contributed by atoms with van der Waals surface area (Å²) in [6.07, 6.45) is 3.34. The molecule has 1 saturated carbocycles. The zero-order valence-corrected chi connectivity index (χ0v) is 10.1. The Hall–Kier alpha value is -1.82. The third-order valence-corrected chi connectivity index (χ3v) is 3.39. The molecule has 0 aliphatic heterocycles. The van der Waals surface area contributed by atoms with Gasteiger partial charge in [-0.25, -0.2) is 0 Å². The second-order valence-corrected chi connectivity index (χ2v) is 4.50. The van der Waals surface area contributed by atoms with E-state index >= 15 is 0 Å². The fourth-order valence-corrected chi connectivity index (χ4v) is 2.22. The summed E-state index contributed by atoms with van der Waals surface area (Å²) in [7, 11) is 0. The lowest BCUT2D eigenvalue weighted by molar-refractivity contribution is -0.384. The van der Waals surface area contributed by atoms with E-state index in [4.69, 9.17) is 10.8 Å². The summed E-state index contributed by atoms with van der Waals surface area (Å²) in [6.45, 7) is 0.555. The molecule has 0 unspecified atom stereocenters. The molecule has 0 amide bonds. The van der Waals surface area contributed by atoms with E-state index in [1.165, 1.54) is 18.6 Å². The first-order valence-corrected chi connectivity index (χ1v) is 6.05. The summed E-state index contributed by atoms with van der Waals surface area (Å²) >= 11 is 0. The number of anilines is 2. The molecule has 1 aliphatic carbocycles. The van der Waals surface area contributed by atoms with Crippen LogP contribution in [0.2, 0.25) is 0 Å². The number of benzene rings is 1. The van der Waals surface area contributed by atoms with Crippen molar-refractivity contribution in [3.8, 4) is 0 Å². The topological polar surface area (TPSA) is 92.6 Å². The predicted octanol–water partition coefficient (Wildman–Crippen LogP) is 1.53. The van der Waals surface area contributed by atoms with Crippen LogP contribution in [0.5, 0.6) is 0 Å². The monoisotopic (exact) mass is 251 g/mol. The summed E-state index contributed by atoms with van der Waals surface area (Å²) in [5.74, 6) is 0. The van der Waals surface area contributed by atoms with Gasteiger partial charge in [0.25, 0.3) is 5.69 Å². The van der Waals surface area contributed by atoms with Crippen molar-refractivity contribution in [2.75, 3.05) is 23.8 Å². The van der Waals surface area contributed by atoms with Gasteiger partial charge in [-0.15, -0.1) is 0 Å². The average molecular weight is 251 g/mol. The van der Waals surface area contributed by atoms with Gasteiger partial charge in [-0.05, 0) is 25.3 Å². The van der Waals surface area contributed by atoms with Crippen LogP contribution in [0.15, 0.2) is 18.2 Å². The summed E-state index contributed by atoms with van der Waals surface area (Å²) in [5.41, 5.74) is 7.04. The SMILES string of the molecule is Nc1cc([N+](=O)[O-])ccc1N(CCO)C1CCC1. The van der Waals surface area contributed by atoms with E-state index in [9.17, 15) is 10.1 Å². The molecule has 0 atom stereocenters. The van der Waals surface area contributed by atoms with Crippen LogP contribution in [0.25, 0.3) is 0 Å². The van der Waals surface area contributed by atoms with Gasteiger partial charge in [0, 0.05) is 24.7 Å². The van der Waals surface area contributed by atoms with E-state index in [1.807, 2.05) is 4.90 Å². The van der Waals surface area contributed by atoms with Crippen LogP contribution < -0.4 is 10.6 Å². The Morgan fingerprint density at radius 1 is 1.50 bits per heavy atom. The summed E-state index contributed by atoms with van der Waals surface area (Å²) < 4.78 is 0. The summed E-state index contributed by atoms with van der Waals surface area (Å²) in [6, 6.07) is 4.88. The molecular formula is C12H17N3O3. The van der Waals surface area contributed by atoms with Gasteiger partial charge in [0.05, 0.1) is 22.9 Å². The van der Waals surface area contributed by atoms with Gasteiger partial charge in [-0.1, -0.05) is 0 Å². The lowest BCUT2D eigenvalue weighted by atomic mass is 9.91. The Labute approximate surface area is 105 Å². The molecule has 0 saturated heterocycles. The average Bonchev–Trinajstić information content (AvgIpc) is 2.26. The van der Waals surface area contributed by atoms with Crippen LogP contribution in [-0.4, -0.2) is 29.2 Å². The molecule has 1 fully saturated rings. The normalized spacial score (nSPS) is 15.2. The molecule has 6 heteroatoms. The Morgan fingerprint density at radius 3 is 2.67 bits per heavy atom. The molecule has 1 aromatic rings. The van der Waals surface area contributed by atoms with Crippen LogP contribution in [0.1, 0.15) is 19.3 Å². The fourth-order valence-electron chi connectivity index (χ4n) is 2.22. The zero-order chi connectivity index (χ0) is 13.1. The minimum atomic E-state index is -0.458. The maximum atomic E-state index is 10.7. The molecular weight excluding hydrogens is 234 g/mol. The third-order valence-electron chi connectivity index (χ3n) is 3.39. The van der Waals surface area contributed by atoms with Crippen LogP contribution in [-0.2, 0) is 0 Å². The quantitative estimate of drug-likeness (QED) is 0.470.